The molecule has 16 nitrogen and oxygen atoms in total. The van der Waals surface area contributed by atoms with Gasteiger partial charge in [0.15, 0.2) is 0 Å². The number of nitrogens with one attached hydrogen (secondary N) is 2. The number of amides is 5. The normalized spacial score (nSPS) is 23.4. The summed E-state index contributed by atoms with van der Waals surface area (Å²) in [6.45, 7) is 18.7. The summed E-state index contributed by atoms with van der Waals surface area (Å²) in [5.41, 5.74) is 8.27. The van der Waals surface area contributed by atoms with Gasteiger partial charge in [0.2, 0.25) is 11.8 Å². The lowest BCUT2D eigenvalue weighted by molar-refractivity contribution is -0.147. The molecule has 0 radical (unpaired) electrons. The molecule has 360 valence electrons. The number of methoxy groups -OCH3 is 1. The van der Waals surface area contributed by atoms with Crippen molar-refractivity contribution in [2.24, 2.45) is 18.4 Å². The molecule has 67 heavy (non-hydrogen) atoms. The fourth-order valence-corrected chi connectivity index (χ4v) is 11.1. The number of hydrogen-bond acceptors (Lipinski definition) is 11. The van der Waals surface area contributed by atoms with Crippen LogP contribution in [0.25, 0.3) is 33.4 Å². The van der Waals surface area contributed by atoms with Crippen molar-refractivity contribution in [3.8, 4) is 22.5 Å². The zero-order valence-corrected chi connectivity index (χ0v) is 41.4. The lowest BCUT2D eigenvalue weighted by atomic mass is 9.84. The van der Waals surface area contributed by atoms with E-state index in [-0.39, 0.29) is 49.1 Å². The number of aryl methyl sites for hydroxylation is 1. The molecule has 6 bridgehead atoms. The van der Waals surface area contributed by atoms with Gasteiger partial charge in [-0.2, -0.15) is 0 Å². The summed E-state index contributed by atoms with van der Waals surface area (Å²) in [6, 6.07) is 7.32. The van der Waals surface area contributed by atoms with Crippen molar-refractivity contribution in [3.63, 3.8) is 0 Å². The molecule has 2 saturated heterocycles. The van der Waals surface area contributed by atoms with Crippen LogP contribution in [-0.4, -0.2) is 141 Å². The molecular formula is C50H67N9O7S. The smallest absolute Gasteiger partial charge is 0.321 e. The van der Waals surface area contributed by atoms with Crippen molar-refractivity contribution in [1.82, 2.24) is 45.0 Å². The van der Waals surface area contributed by atoms with Crippen LogP contribution >= 0.6 is 11.3 Å². The van der Waals surface area contributed by atoms with Crippen LogP contribution in [0.3, 0.4) is 0 Å². The van der Waals surface area contributed by atoms with Gasteiger partial charge in [-0.05, 0) is 87.3 Å². The van der Waals surface area contributed by atoms with Gasteiger partial charge in [0.05, 0.1) is 41.4 Å². The molecule has 3 aliphatic heterocycles. The van der Waals surface area contributed by atoms with Crippen molar-refractivity contribution in [2.45, 2.75) is 110 Å². The summed E-state index contributed by atoms with van der Waals surface area (Å²) in [4.78, 5) is 84.0. The number of hydrazine groups is 1. The minimum Gasteiger partial charge on any atom is -0.378 e. The Morgan fingerprint density at radius 2 is 1.85 bits per heavy atom. The van der Waals surface area contributed by atoms with Crippen LogP contribution < -0.4 is 10.7 Å². The number of aromatic nitrogens is 3. The Morgan fingerprint density at radius 3 is 2.52 bits per heavy atom. The Labute approximate surface area is 398 Å². The van der Waals surface area contributed by atoms with E-state index in [1.165, 1.54) is 27.3 Å². The van der Waals surface area contributed by atoms with E-state index in [4.69, 9.17) is 19.4 Å². The monoisotopic (exact) mass is 937 g/mol. The van der Waals surface area contributed by atoms with E-state index >= 15 is 0 Å². The number of likely N-dealkylation sites (N-methyl/N-ethyl adjacent to an activating group) is 1. The van der Waals surface area contributed by atoms with Crippen LogP contribution in [0.4, 0.5) is 4.79 Å². The number of aldehydes is 1. The first kappa shape index (κ1) is 49.4. The minimum absolute atomic E-state index is 0.0242. The third-order valence-corrected chi connectivity index (χ3v) is 14.5. The van der Waals surface area contributed by atoms with Crippen molar-refractivity contribution >= 4 is 52.3 Å². The van der Waals surface area contributed by atoms with Gasteiger partial charge in [0, 0.05) is 93.0 Å². The number of nitrogens with zero attached hydrogens (tertiary/aromatic N) is 7. The van der Waals surface area contributed by atoms with E-state index in [1.807, 2.05) is 46.1 Å². The highest BCUT2D eigenvalue weighted by atomic mass is 32.1. The first-order valence-corrected chi connectivity index (χ1v) is 24.1. The molecule has 0 aliphatic carbocycles. The number of hydrogen-bond donors (Lipinski definition) is 2. The number of carbonyl (C=O) groups is 5. The largest absolute Gasteiger partial charge is 0.378 e. The number of carbonyl (C=O) groups excluding carboxylic acids is 5. The van der Waals surface area contributed by atoms with Crippen LogP contribution in [0, 0.1) is 11.3 Å². The quantitative estimate of drug-likeness (QED) is 0.151. The summed E-state index contributed by atoms with van der Waals surface area (Å²) in [5.74, 6) is -1.47. The van der Waals surface area contributed by atoms with Crippen LogP contribution in [0.1, 0.15) is 83.7 Å². The van der Waals surface area contributed by atoms with Gasteiger partial charge in [-0.25, -0.2) is 15.2 Å². The molecule has 3 aromatic heterocycles. The molecule has 1 aromatic carbocycles. The standard InChI is InChI=1S/C50H67N9O7S/c1-12-42(61)57-24-31(4)59(32(5)25-57)48(64)56(10)44(30(2)3)46(62)53-38-22-41-52-39(26-67-41)34-16-17-40-36(21-34)37(45(55(40)9)35-15-13-19-51-43(35)33(6)65-11)23-49(7,8)28-66-29-50(27-60)18-14-20-58(54-50)47(38)63/h12-13,15-17,19,21,26-27,30-33,38,44,54H,1,14,18,20,22-25,28-29H2,2-11H3,(H,53,62)/t31-,32+,33-,38-,44-,50?/m0/s1. The van der Waals surface area contributed by atoms with E-state index in [9.17, 15) is 24.0 Å². The third kappa shape index (κ3) is 10.1. The number of benzene rings is 1. The van der Waals surface area contributed by atoms with E-state index in [1.54, 1.807) is 30.2 Å². The summed E-state index contributed by atoms with van der Waals surface area (Å²) in [6.07, 6.45) is 5.30. The predicted molar refractivity (Wildman–Crippen MR) is 259 cm³/mol. The van der Waals surface area contributed by atoms with Gasteiger partial charge in [-0.15, -0.1) is 11.3 Å². The molecule has 1 unspecified atom stereocenters. The second kappa shape index (κ2) is 20.0. The van der Waals surface area contributed by atoms with Gasteiger partial charge in [-0.1, -0.05) is 40.3 Å². The van der Waals surface area contributed by atoms with Crippen LogP contribution in [-0.2, 0) is 48.5 Å². The third-order valence-electron chi connectivity index (χ3n) is 13.6. The van der Waals surface area contributed by atoms with Crippen LogP contribution in [0.2, 0.25) is 0 Å². The van der Waals surface area contributed by atoms with E-state index in [0.29, 0.717) is 50.5 Å². The Balaban J connectivity index is 1.26. The molecule has 7 rings (SSSR count). The van der Waals surface area contributed by atoms with Gasteiger partial charge in [0.25, 0.3) is 5.91 Å². The highest BCUT2D eigenvalue weighted by molar-refractivity contribution is 7.10. The Morgan fingerprint density at radius 1 is 1.12 bits per heavy atom. The highest BCUT2D eigenvalue weighted by Gasteiger charge is 2.43. The van der Waals surface area contributed by atoms with Crippen LogP contribution in [0.15, 0.2) is 54.6 Å². The van der Waals surface area contributed by atoms with Crippen molar-refractivity contribution in [2.75, 3.05) is 47.0 Å². The van der Waals surface area contributed by atoms with Gasteiger partial charge in [-0.3, -0.25) is 24.4 Å². The number of ether oxygens (including phenoxy) is 2. The van der Waals surface area contributed by atoms with Crippen molar-refractivity contribution < 1.29 is 33.4 Å². The zero-order chi connectivity index (χ0) is 48.5. The Kier molecular flexibility index (Phi) is 14.8. The maximum atomic E-state index is 14.8. The van der Waals surface area contributed by atoms with Gasteiger partial charge in [0.1, 0.15) is 23.9 Å². The molecule has 17 heteroatoms. The highest BCUT2D eigenvalue weighted by Crippen LogP contribution is 2.41. The Hall–Kier alpha value is -5.49. The minimum atomic E-state index is -1.19. The average molecular weight is 938 g/mol. The van der Waals surface area contributed by atoms with E-state index < -0.39 is 34.9 Å². The molecule has 3 aliphatic rings. The Bertz CT molecular complexity index is 2510. The fraction of sp³-hybridized carbons (Fsp3) is 0.540. The van der Waals surface area contributed by atoms with E-state index in [0.717, 1.165) is 51.0 Å². The number of thiazole rings is 1. The molecule has 0 spiro atoms. The first-order chi connectivity index (χ1) is 31.8. The lowest BCUT2D eigenvalue weighted by Crippen LogP contribution is -2.67. The number of rotatable bonds is 9. The maximum Gasteiger partial charge on any atom is 0.321 e. The molecule has 5 amide bonds. The molecule has 6 atom stereocenters. The van der Waals surface area contributed by atoms with Gasteiger partial charge < -0.3 is 38.9 Å². The lowest BCUT2D eigenvalue weighted by Gasteiger charge is -2.46. The predicted octanol–water partition coefficient (Wildman–Crippen LogP) is 5.95. The molecule has 4 aromatic rings. The number of piperazine rings is 1. The second-order valence-electron chi connectivity index (χ2n) is 19.8. The van der Waals surface area contributed by atoms with E-state index in [2.05, 4.69) is 67.0 Å². The summed E-state index contributed by atoms with van der Waals surface area (Å²) in [7, 11) is 5.36. The van der Waals surface area contributed by atoms with Crippen molar-refractivity contribution in [1.29, 1.82) is 0 Å². The zero-order valence-electron chi connectivity index (χ0n) is 40.6. The molecular weight excluding hydrogens is 871 g/mol. The number of pyridine rings is 1. The molecule has 0 saturated carbocycles. The summed E-state index contributed by atoms with van der Waals surface area (Å²) in [5, 5.41) is 8.14. The average Bonchev–Trinajstić information content (AvgIpc) is 3.88. The summed E-state index contributed by atoms with van der Waals surface area (Å²) < 4.78 is 14.5. The molecule has 2 fully saturated rings. The topological polar surface area (TPSA) is 172 Å². The molecule has 6 heterocycles. The van der Waals surface area contributed by atoms with Crippen molar-refractivity contribution in [3.05, 3.63) is 70.8 Å². The maximum absolute atomic E-state index is 14.8. The number of fused-ring (bicyclic) bond motifs is 6. The van der Waals surface area contributed by atoms with Gasteiger partial charge >= 0.3 is 6.03 Å². The summed E-state index contributed by atoms with van der Waals surface area (Å²) >= 11 is 1.40. The second-order valence-corrected chi connectivity index (χ2v) is 20.7. The molecule has 2 N–H and O–H groups in total. The first-order valence-electron chi connectivity index (χ1n) is 23.3. The van der Waals surface area contributed by atoms with Crippen LogP contribution in [0.5, 0.6) is 0 Å². The fourth-order valence-electron chi connectivity index (χ4n) is 10.2. The number of urea groups is 1. The SMILES string of the molecule is C=CC(=O)N1C[C@@H](C)N(C(=O)N(C)[C@H](C(=O)N[C@H]2Cc3nc(cs3)-c3ccc4c(c3)c(c(-c3cccnc3[C@H](C)OC)n4C)CC(C)(C)COCC3(C=O)CCCN(N3)C2=O)C(C)C)[C@@H](C)C1.